The molecule has 20 heavy (non-hydrogen) atoms. The van der Waals surface area contributed by atoms with E-state index in [1.807, 2.05) is 0 Å². The van der Waals surface area contributed by atoms with E-state index in [-0.39, 0.29) is 16.8 Å². The van der Waals surface area contributed by atoms with E-state index in [0.29, 0.717) is 19.8 Å². The fraction of sp³-hybridized carbons (Fsp3) is 0.429. The van der Waals surface area contributed by atoms with Crippen molar-refractivity contribution in [3.05, 3.63) is 35.5 Å². The number of aromatic nitrogens is 1. The van der Waals surface area contributed by atoms with E-state index in [0.717, 1.165) is 12.8 Å². The Balaban J connectivity index is 2.04. The predicted molar refractivity (Wildman–Crippen MR) is 65.3 cm³/mol. The lowest BCUT2D eigenvalue weighted by molar-refractivity contribution is 0.0616. The molecule has 2 nitrogen and oxygen atoms in total. The number of hydrogen-bond donors (Lipinski definition) is 0. The summed E-state index contributed by atoms with van der Waals surface area (Å²) in [6.45, 7) is 1.70. The molecule has 1 fully saturated rings. The van der Waals surface area contributed by atoms with Crippen LogP contribution in [0, 0.1) is 29.2 Å². The topological polar surface area (TPSA) is 14.2 Å². The first-order valence-corrected chi connectivity index (χ1v) is 6.48. The van der Waals surface area contributed by atoms with Crippen molar-refractivity contribution in [3.63, 3.8) is 0 Å². The number of nitrogens with zero attached hydrogens (tertiary/aromatic N) is 1. The molecule has 108 valence electrons. The highest BCUT2D eigenvalue weighted by Gasteiger charge is 2.24. The lowest BCUT2D eigenvalue weighted by Gasteiger charge is -2.22. The smallest absolute Gasteiger partial charge is 0.199 e. The third kappa shape index (κ3) is 2.08. The average molecular weight is 287 g/mol. The molecular formula is C14H13F4NO. The van der Waals surface area contributed by atoms with Crippen LogP contribution < -0.4 is 0 Å². The van der Waals surface area contributed by atoms with E-state index in [1.54, 1.807) is 0 Å². The van der Waals surface area contributed by atoms with E-state index >= 15 is 0 Å². The SMILES string of the molecule is Fc1c(F)c(F)c2c(ccn2CC2CCOCC2)c1F. The second kappa shape index (κ2) is 5.09. The van der Waals surface area contributed by atoms with Crippen LogP contribution in [0.4, 0.5) is 17.6 Å². The summed E-state index contributed by atoms with van der Waals surface area (Å²) in [6.07, 6.45) is 3.09. The summed E-state index contributed by atoms with van der Waals surface area (Å²) in [4.78, 5) is 0. The van der Waals surface area contributed by atoms with E-state index in [1.165, 1.54) is 16.8 Å². The van der Waals surface area contributed by atoms with Crippen LogP contribution in [0.1, 0.15) is 12.8 Å². The summed E-state index contributed by atoms with van der Waals surface area (Å²) in [6, 6.07) is 1.27. The standard InChI is InChI=1S/C14H13F4NO/c15-10-9-1-4-19(7-8-2-5-20-6-3-8)14(9)13(18)12(17)11(10)16/h1,4,8H,2-3,5-7H2. The van der Waals surface area contributed by atoms with Crippen LogP contribution in [-0.2, 0) is 11.3 Å². The number of fused-ring (bicyclic) bond motifs is 1. The van der Waals surface area contributed by atoms with Gasteiger partial charge in [-0.05, 0) is 24.8 Å². The van der Waals surface area contributed by atoms with Crippen molar-refractivity contribution >= 4 is 10.9 Å². The van der Waals surface area contributed by atoms with E-state index in [9.17, 15) is 17.6 Å². The molecule has 0 bridgehead atoms. The van der Waals surface area contributed by atoms with Crippen LogP contribution in [0.5, 0.6) is 0 Å². The highest BCUT2D eigenvalue weighted by molar-refractivity contribution is 5.81. The van der Waals surface area contributed by atoms with Crippen LogP contribution in [0.15, 0.2) is 12.3 Å². The first-order valence-electron chi connectivity index (χ1n) is 6.48. The van der Waals surface area contributed by atoms with Gasteiger partial charge in [0.25, 0.3) is 0 Å². The summed E-state index contributed by atoms with van der Waals surface area (Å²) in [5.41, 5.74) is -0.215. The molecule has 1 aliphatic heterocycles. The summed E-state index contributed by atoms with van der Waals surface area (Å²) >= 11 is 0. The average Bonchev–Trinajstić information content (AvgIpc) is 2.88. The predicted octanol–water partition coefficient (Wildman–Crippen LogP) is 3.62. The highest BCUT2D eigenvalue weighted by atomic mass is 19.2. The molecule has 0 unspecified atom stereocenters. The van der Waals surface area contributed by atoms with Gasteiger partial charge < -0.3 is 9.30 Å². The molecule has 3 rings (SSSR count). The van der Waals surface area contributed by atoms with Crippen LogP contribution in [-0.4, -0.2) is 17.8 Å². The maximum absolute atomic E-state index is 13.9. The molecular weight excluding hydrogens is 274 g/mol. The Kier molecular flexibility index (Phi) is 3.41. The normalized spacial score (nSPS) is 17.0. The van der Waals surface area contributed by atoms with E-state index < -0.39 is 23.3 Å². The summed E-state index contributed by atoms with van der Waals surface area (Å²) in [5.74, 6) is -5.95. The zero-order chi connectivity index (χ0) is 14.3. The van der Waals surface area contributed by atoms with Crippen LogP contribution >= 0.6 is 0 Å². The molecule has 6 heteroatoms. The third-order valence-corrected chi connectivity index (χ3v) is 3.78. The van der Waals surface area contributed by atoms with Crippen molar-refractivity contribution < 1.29 is 22.3 Å². The minimum absolute atomic E-state index is 0.215. The minimum atomic E-state index is -1.76. The molecule has 0 amide bonds. The molecule has 0 saturated carbocycles. The van der Waals surface area contributed by atoms with Crippen LogP contribution in [0.3, 0.4) is 0 Å². The lowest BCUT2D eigenvalue weighted by atomic mass is 10.0. The molecule has 2 heterocycles. The number of halogens is 4. The minimum Gasteiger partial charge on any atom is -0.381 e. The molecule has 0 aliphatic carbocycles. The first kappa shape index (κ1) is 13.4. The number of rotatable bonds is 2. The Bertz CT molecular complexity index is 646. The maximum Gasteiger partial charge on any atom is 0.199 e. The Morgan fingerprint density at radius 3 is 2.35 bits per heavy atom. The fourth-order valence-corrected chi connectivity index (χ4v) is 2.67. The van der Waals surface area contributed by atoms with Gasteiger partial charge in [-0.25, -0.2) is 17.6 Å². The van der Waals surface area contributed by atoms with Crippen molar-refractivity contribution in [3.8, 4) is 0 Å². The second-order valence-corrected chi connectivity index (χ2v) is 5.04. The lowest BCUT2D eigenvalue weighted by Crippen LogP contribution is -2.20. The Morgan fingerprint density at radius 1 is 1.00 bits per heavy atom. The third-order valence-electron chi connectivity index (χ3n) is 3.78. The summed E-state index contributed by atoms with van der Waals surface area (Å²) < 4.78 is 60.7. The van der Waals surface area contributed by atoms with E-state index in [2.05, 4.69) is 0 Å². The Labute approximate surface area is 112 Å². The van der Waals surface area contributed by atoms with Gasteiger partial charge >= 0.3 is 0 Å². The Morgan fingerprint density at radius 2 is 1.65 bits per heavy atom. The molecule has 1 aromatic heterocycles. The number of ether oxygens (including phenoxy) is 1. The van der Waals surface area contributed by atoms with Crippen molar-refractivity contribution in [1.29, 1.82) is 0 Å². The zero-order valence-electron chi connectivity index (χ0n) is 10.6. The number of hydrogen-bond acceptors (Lipinski definition) is 1. The van der Waals surface area contributed by atoms with Crippen LogP contribution in [0.2, 0.25) is 0 Å². The molecule has 0 spiro atoms. The Hall–Kier alpha value is -1.56. The molecule has 1 aromatic carbocycles. The molecule has 2 aromatic rings. The van der Waals surface area contributed by atoms with Crippen LogP contribution in [0.25, 0.3) is 10.9 Å². The van der Waals surface area contributed by atoms with Crippen molar-refractivity contribution in [2.45, 2.75) is 19.4 Å². The summed E-state index contributed by atoms with van der Waals surface area (Å²) in [5, 5.41) is -0.228. The zero-order valence-corrected chi connectivity index (χ0v) is 10.6. The van der Waals surface area contributed by atoms with Gasteiger partial charge in [-0.1, -0.05) is 0 Å². The quantitative estimate of drug-likeness (QED) is 0.467. The largest absolute Gasteiger partial charge is 0.381 e. The maximum atomic E-state index is 13.9. The molecule has 1 aliphatic rings. The highest BCUT2D eigenvalue weighted by Crippen LogP contribution is 2.29. The second-order valence-electron chi connectivity index (χ2n) is 5.04. The molecule has 0 N–H and O–H groups in total. The molecule has 0 radical (unpaired) electrons. The van der Waals surface area contributed by atoms with Crippen molar-refractivity contribution in [2.75, 3.05) is 13.2 Å². The van der Waals surface area contributed by atoms with Gasteiger partial charge in [0.1, 0.15) is 0 Å². The van der Waals surface area contributed by atoms with E-state index in [4.69, 9.17) is 4.74 Å². The van der Waals surface area contributed by atoms with Gasteiger partial charge in [0.05, 0.1) is 5.52 Å². The van der Waals surface area contributed by atoms with Gasteiger partial charge in [-0.15, -0.1) is 0 Å². The van der Waals surface area contributed by atoms with Gasteiger partial charge in [0.2, 0.25) is 0 Å². The molecule has 0 atom stereocenters. The molecule has 1 saturated heterocycles. The van der Waals surface area contributed by atoms with Gasteiger partial charge in [0, 0.05) is 31.3 Å². The monoisotopic (exact) mass is 287 g/mol. The van der Waals surface area contributed by atoms with Gasteiger partial charge in [-0.2, -0.15) is 0 Å². The van der Waals surface area contributed by atoms with Crippen molar-refractivity contribution in [2.24, 2.45) is 5.92 Å². The van der Waals surface area contributed by atoms with Gasteiger partial charge in [-0.3, -0.25) is 0 Å². The summed E-state index contributed by atoms with van der Waals surface area (Å²) in [7, 11) is 0. The van der Waals surface area contributed by atoms with Gasteiger partial charge in [0.15, 0.2) is 23.3 Å². The number of benzene rings is 1. The first-order chi connectivity index (χ1) is 9.59. The van der Waals surface area contributed by atoms with Crippen molar-refractivity contribution in [1.82, 2.24) is 4.57 Å². The fourth-order valence-electron chi connectivity index (χ4n) is 2.67.